The van der Waals surface area contributed by atoms with E-state index in [9.17, 15) is 9.18 Å². The van der Waals surface area contributed by atoms with Crippen LogP contribution in [-0.4, -0.2) is 15.7 Å². The summed E-state index contributed by atoms with van der Waals surface area (Å²) in [5, 5.41) is 8.39. The molecule has 2 heterocycles. The number of carbonyl (C=O) groups is 1. The summed E-state index contributed by atoms with van der Waals surface area (Å²) in [4.78, 5) is 14.0. The lowest BCUT2D eigenvalue weighted by Gasteiger charge is -2.05. The molecule has 2 aromatic heterocycles. The molecule has 1 amide bonds. The Morgan fingerprint density at radius 3 is 2.74 bits per heavy atom. The van der Waals surface area contributed by atoms with E-state index in [4.69, 9.17) is 11.6 Å². The van der Waals surface area contributed by atoms with Crippen LogP contribution >= 0.6 is 22.9 Å². The van der Waals surface area contributed by atoms with Crippen molar-refractivity contribution in [3.63, 3.8) is 0 Å². The van der Waals surface area contributed by atoms with Gasteiger partial charge < -0.3 is 5.32 Å². The first kappa shape index (κ1) is 17.7. The van der Waals surface area contributed by atoms with E-state index in [0.717, 1.165) is 21.5 Å². The van der Waals surface area contributed by atoms with Gasteiger partial charge in [0.25, 0.3) is 5.91 Å². The highest BCUT2D eigenvalue weighted by Crippen LogP contribution is 2.30. The van der Waals surface area contributed by atoms with Gasteiger partial charge in [0, 0.05) is 10.4 Å². The number of carbonyl (C=O) groups excluding carboxylic acids is 1. The quantitative estimate of drug-likeness (QED) is 0.492. The van der Waals surface area contributed by atoms with Crippen molar-refractivity contribution < 1.29 is 9.18 Å². The summed E-state index contributed by atoms with van der Waals surface area (Å²) in [6, 6.07) is 16.0. The second-order valence-electron chi connectivity index (χ2n) is 6.14. The third-order valence-electron chi connectivity index (χ3n) is 4.19. The van der Waals surface area contributed by atoms with Gasteiger partial charge in [0.1, 0.15) is 10.6 Å². The third-order valence-corrected chi connectivity index (χ3v) is 5.57. The molecule has 4 rings (SSSR count). The van der Waals surface area contributed by atoms with Crippen molar-refractivity contribution in [2.75, 3.05) is 5.32 Å². The van der Waals surface area contributed by atoms with Crippen LogP contribution in [0.15, 0.2) is 54.6 Å². The van der Waals surface area contributed by atoms with Gasteiger partial charge in [-0.05, 0) is 36.8 Å². The molecule has 0 aliphatic rings. The van der Waals surface area contributed by atoms with E-state index in [2.05, 4.69) is 10.4 Å². The molecule has 0 spiro atoms. The Hall–Kier alpha value is -2.70. The number of amides is 1. The van der Waals surface area contributed by atoms with E-state index in [1.54, 1.807) is 6.07 Å². The van der Waals surface area contributed by atoms with Crippen LogP contribution in [0.1, 0.15) is 20.9 Å². The Balaban J connectivity index is 1.63. The average Bonchev–Trinajstić information content (AvgIpc) is 3.20. The molecule has 7 heteroatoms. The molecule has 0 radical (unpaired) electrons. The second-order valence-corrected chi connectivity index (χ2v) is 7.60. The number of hydrogen-bond acceptors (Lipinski definition) is 3. The number of fused-ring (bicyclic) bond motifs is 1. The number of aromatic nitrogens is 2. The van der Waals surface area contributed by atoms with Crippen molar-refractivity contribution in [3.05, 3.63) is 81.6 Å². The number of anilines is 1. The van der Waals surface area contributed by atoms with Crippen molar-refractivity contribution in [3.8, 4) is 0 Å². The van der Waals surface area contributed by atoms with Crippen molar-refractivity contribution in [2.45, 2.75) is 13.5 Å². The van der Waals surface area contributed by atoms with E-state index in [-0.39, 0.29) is 16.6 Å². The zero-order valence-electron chi connectivity index (χ0n) is 14.4. The molecule has 0 aliphatic carbocycles. The van der Waals surface area contributed by atoms with Crippen LogP contribution in [0.3, 0.4) is 0 Å². The Kier molecular flexibility index (Phi) is 4.68. The number of benzene rings is 2. The predicted octanol–water partition coefficient (Wildman–Crippen LogP) is 5.50. The number of rotatable bonds is 4. The van der Waals surface area contributed by atoms with Gasteiger partial charge in [-0.15, -0.1) is 11.3 Å². The third kappa shape index (κ3) is 3.59. The standard InChI is InChI=1S/C20H15ClFN3OS/c1-12-15-10-18(19(26)23-17-8-7-14(21)9-16(17)22)27-20(15)25(24-12)11-13-5-3-2-4-6-13/h2-10H,11H2,1H3,(H,23,26). The van der Waals surface area contributed by atoms with Gasteiger partial charge in [-0.25, -0.2) is 4.39 Å². The molecule has 0 unspecified atom stereocenters. The number of nitrogens with one attached hydrogen (secondary N) is 1. The summed E-state index contributed by atoms with van der Waals surface area (Å²) in [5.74, 6) is -0.925. The fourth-order valence-corrected chi connectivity index (χ4v) is 4.08. The van der Waals surface area contributed by atoms with Gasteiger partial charge >= 0.3 is 0 Å². The van der Waals surface area contributed by atoms with Crippen molar-refractivity contribution in [2.24, 2.45) is 0 Å². The molecule has 0 atom stereocenters. The van der Waals surface area contributed by atoms with Crippen molar-refractivity contribution in [1.82, 2.24) is 9.78 Å². The minimum Gasteiger partial charge on any atom is -0.319 e. The van der Waals surface area contributed by atoms with Gasteiger partial charge in [-0.2, -0.15) is 5.10 Å². The number of nitrogens with zero attached hydrogens (tertiary/aromatic N) is 2. The van der Waals surface area contributed by atoms with E-state index >= 15 is 0 Å². The molecule has 0 fully saturated rings. The van der Waals surface area contributed by atoms with Gasteiger partial charge in [-0.1, -0.05) is 41.9 Å². The van der Waals surface area contributed by atoms with Crippen LogP contribution in [0, 0.1) is 12.7 Å². The number of thiophene rings is 1. The average molecular weight is 400 g/mol. The lowest BCUT2D eigenvalue weighted by atomic mass is 10.2. The molecular formula is C20H15ClFN3OS. The summed E-state index contributed by atoms with van der Waals surface area (Å²) in [5.41, 5.74) is 2.09. The summed E-state index contributed by atoms with van der Waals surface area (Å²) in [6.07, 6.45) is 0. The number of aryl methyl sites for hydroxylation is 1. The predicted molar refractivity (Wildman–Crippen MR) is 107 cm³/mol. The maximum absolute atomic E-state index is 13.9. The first-order valence-electron chi connectivity index (χ1n) is 8.28. The fraction of sp³-hybridized carbons (Fsp3) is 0.100. The fourth-order valence-electron chi connectivity index (χ4n) is 2.86. The highest BCUT2D eigenvalue weighted by Gasteiger charge is 2.17. The lowest BCUT2D eigenvalue weighted by molar-refractivity contribution is 0.103. The minimum atomic E-state index is -0.566. The van der Waals surface area contributed by atoms with Crippen LogP contribution in [0.2, 0.25) is 5.02 Å². The SMILES string of the molecule is Cc1nn(Cc2ccccc2)c2sc(C(=O)Nc3ccc(Cl)cc3F)cc12. The number of halogens is 2. The Morgan fingerprint density at radius 1 is 1.22 bits per heavy atom. The van der Waals surface area contributed by atoms with E-state index < -0.39 is 5.82 Å². The van der Waals surface area contributed by atoms with E-state index in [0.29, 0.717) is 11.4 Å². The smallest absolute Gasteiger partial charge is 0.265 e. The molecule has 0 aliphatic heterocycles. The molecule has 4 nitrogen and oxygen atoms in total. The normalized spacial score (nSPS) is 11.1. The molecule has 1 N–H and O–H groups in total. The molecule has 2 aromatic carbocycles. The Morgan fingerprint density at radius 2 is 2.00 bits per heavy atom. The van der Waals surface area contributed by atoms with E-state index in [1.807, 2.05) is 41.9 Å². The maximum Gasteiger partial charge on any atom is 0.265 e. The monoisotopic (exact) mass is 399 g/mol. The molecular weight excluding hydrogens is 385 g/mol. The molecule has 27 heavy (non-hydrogen) atoms. The number of hydrogen-bond donors (Lipinski definition) is 1. The second kappa shape index (κ2) is 7.13. The molecule has 4 aromatic rings. The van der Waals surface area contributed by atoms with Crippen molar-refractivity contribution in [1.29, 1.82) is 0 Å². The van der Waals surface area contributed by atoms with Gasteiger partial charge in [0.05, 0.1) is 22.8 Å². The minimum absolute atomic E-state index is 0.101. The van der Waals surface area contributed by atoms with Crippen LogP contribution in [0.5, 0.6) is 0 Å². The summed E-state index contributed by atoms with van der Waals surface area (Å²) in [6.45, 7) is 2.54. The molecule has 0 saturated carbocycles. The Bertz CT molecular complexity index is 1140. The van der Waals surface area contributed by atoms with Crippen molar-refractivity contribution >= 4 is 44.7 Å². The van der Waals surface area contributed by atoms with Crippen LogP contribution in [-0.2, 0) is 6.54 Å². The molecule has 0 bridgehead atoms. The molecule has 0 saturated heterocycles. The first-order valence-corrected chi connectivity index (χ1v) is 9.48. The lowest BCUT2D eigenvalue weighted by Crippen LogP contribution is -2.11. The van der Waals surface area contributed by atoms with Crippen LogP contribution in [0.4, 0.5) is 10.1 Å². The Labute approximate surface area is 164 Å². The van der Waals surface area contributed by atoms with E-state index in [1.165, 1.54) is 29.5 Å². The van der Waals surface area contributed by atoms with Crippen LogP contribution < -0.4 is 5.32 Å². The summed E-state index contributed by atoms with van der Waals surface area (Å²) in [7, 11) is 0. The molecule has 136 valence electrons. The van der Waals surface area contributed by atoms with Gasteiger partial charge in [0.2, 0.25) is 0 Å². The zero-order chi connectivity index (χ0) is 19.0. The highest BCUT2D eigenvalue weighted by molar-refractivity contribution is 7.20. The summed E-state index contributed by atoms with van der Waals surface area (Å²) >= 11 is 7.09. The highest BCUT2D eigenvalue weighted by atomic mass is 35.5. The van der Waals surface area contributed by atoms with Crippen LogP contribution in [0.25, 0.3) is 10.2 Å². The summed E-state index contributed by atoms with van der Waals surface area (Å²) < 4.78 is 15.8. The van der Waals surface area contributed by atoms with Gasteiger partial charge in [0.15, 0.2) is 0 Å². The topological polar surface area (TPSA) is 46.9 Å². The van der Waals surface area contributed by atoms with Gasteiger partial charge in [-0.3, -0.25) is 9.48 Å². The zero-order valence-corrected chi connectivity index (χ0v) is 15.9. The first-order chi connectivity index (χ1) is 13.0. The maximum atomic E-state index is 13.9. The largest absolute Gasteiger partial charge is 0.319 e.